The number of hydrogen-bond acceptors (Lipinski definition) is 4. The fraction of sp³-hybridized carbons (Fsp3) is 0.118. The summed E-state index contributed by atoms with van der Waals surface area (Å²) >= 11 is 0. The van der Waals surface area contributed by atoms with Crippen LogP contribution in [0.1, 0.15) is 15.9 Å². The Morgan fingerprint density at radius 3 is 2.43 bits per heavy atom. The Balaban J connectivity index is 1.82. The highest BCUT2D eigenvalue weighted by atomic mass is 16.5. The zero-order chi connectivity index (χ0) is 16.7. The molecule has 0 aliphatic heterocycles. The van der Waals surface area contributed by atoms with Gasteiger partial charge in [0.25, 0.3) is 0 Å². The molecule has 2 rings (SSSR count). The van der Waals surface area contributed by atoms with Crippen molar-refractivity contribution >= 4 is 17.8 Å². The molecule has 0 fully saturated rings. The number of carboxylic acid groups (broad SMARTS) is 1. The summed E-state index contributed by atoms with van der Waals surface area (Å²) in [5, 5.41) is 11.3. The van der Waals surface area contributed by atoms with Crippen molar-refractivity contribution in [3.8, 4) is 5.75 Å². The first-order valence-corrected chi connectivity index (χ1v) is 6.89. The van der Waals surface area contributed by atoms with Gasteiger partial charge in [-0.3, -0.25) is 4.79 Å². The summed E-state index contributed by atoms with van der Waals surface area (Å²) < 4.78 is 4.99. The maximum atomic E-state index is 11.7. The third-order valence-electron chi connectivity index (χ3n) is 2.95. The van der Waals surface area contributed by atoms with Crippen LogP contribution in [0.5, 0.6) is 5.75 Å². The third kappa shape index (κ3) is 5.28. The second-order valence-corrected chi connectivity index (χ2v) is 4.75. The van der Waals surface area contributed by atoms with Gasteiger partial charge in [-0.25, -0.2) is 9.59 Å². The number of aromatic carboxylic acids is 1. The molecule has 2 N–H and O–H groups in total. The highest BCUT2D eigenvalue weighted by Gasteiger charge is 2.10. The molecule has 118 valence electrons. The van der Waals surface area contributed by atoms with Crippen LogP contribution in [0, 0.1) is 0 Å². The molecule has 2 aromatic rings. The number of esters is 1. The van der Waals surface area contributed by atoms with E-state index in [-0.39, 0.29) is 30.2 Å². The van der Waals surface area contributed by atoms with Gasteiger partial charge in [-0.2, -0.15) is 0 Å². The summed E-state index contributed by atoms with van der Waals surface area (Å²) in [6.07, 6.45) is 0.169. The van der Waals surface area contributed by atoms with Crippen LogP contribution in [-0.4, -0.2) is 29.5 Å². The van der Waals surface area contributed by atoms with Crippen molar-refractivity contribution in [2.45, 2.75) is 6.42 Å². The number of hydrogen-bond donors (Lipinski definition) is 2. The highest BCUT2D eigenvalue weighted by Crippen LogP contribution is 2.13. The summed E-state index contributed by atoms with van der Waals surface area (Å²) in [6.45, 7) is -0.289. The standard InChI is InChI=1S/C17H15NO5/c19-15(9-12-5-2-1-3-6-12)18-11-16(20)23-14-8-4-7-13(10-14)17(21)22/h1-8,10H,9,11H2,(H,18,19)(H,21,22). The van der Waals surface area contributed by atoms with Gasteiger partial charge in [-0.1, -0.05) is 36.4 Å². The highest BCUT2D eigenvalue weighted by molar-refractivity contribution is 5.88. The maximum absolute atomic E-state index is 11.7. The number of ether oxygens (including phenoxy) is 1. The number of carbonyl (C=O) groups excluding carboxylic acids is 2. The van der Waals surface area contributed by atoms with Crippen molar-refractivity contribution in [1.29, 1.82) is 0 Å². The molecule has 0 saturated heterocycles. The number of benzene rings is 2. The van der Waals surface area contributed by atoms with Gasteiger partial charge in [0.1, 0.15) is 12.3 Å². The molecule has 0 saturated carbocycles. The van der Waals surface area contributed by atoms with Gasteiger partial charge in [0.05, 0.1) is 12.0 Å². The van der Waals surface area contributed by atoms with E-state index in [1.165, 1.54) is 24.3 Å². The van der Waals surface area contributed by atoms with E-state index in [1.807, 2.05) is 30.3 Å². The van der Waals surface area contributed by atoms with Crippen LogP contribution in [0.15, 0.2) is 54.6 Å². The van der Waals surface area contributed by atoms with Crippen LogP contribution in [0.3, 0.4) is 0 Å². The SMILES string of the molecule is O=C(Cc1ccccc1)NCC(=O)Oc1cccc(C(=O)O)c1. The quantitative estimate of drug-likeness (QED) is 0.625. The van der Waals surface area contributed by atoms with Crippen molar-refractivity contribution < 1.29 is 24.2 Å². The summed E-state index contributed by atoms with van der Waals surface area (Å²) in [6, 6.07) is 14.7. The van der Waals surface area contributed by atoms with Crippen LogP contribution in [-0.2, 0) is 16.0 Å². The largest absolute Gasteiger partial charge is 0.478 e. The molecule has 6 nitrogen and oxygen atoms in total. The van der Waals surface area contributed by atoms with Crippen LogP contribution >= 0.6 is 0 Å². The molecule has 2 aromatic carbocycles. The lowest BCUT2D eigenvalue weighted by Crippen LogP contribution is -2.32. The molecule has 0 spiro atoms. The van der Waals surface area contributed by atoms with Crippen LogP contribution < -0.4 is 10.1 Å². The lowest BCUT2D eigenvalue weighted by molar-refractivity contribution is -0.135. The molecule has 1 amide bonds. The lowest BCUT2D eigenvalue weighted by atomic mass is 10.1. The molecule has 0 aliphatic rings. The Kier molecular flexibility index (Phi) is 5.46. The molecule has 0 bridgehead atoms. The molecular weight excluding hydrogens is 298 g/mol. The van der Waals surface area contributed by atoms with Crippen molar-refractivity contribution in [1.82, 2.24) is 5.32 Å². The first-order valence-electron chi connectivity index (χ1n) is 6.89. The van der Waals surface area contributed by atoms with E-state index in [0.29, 0.717) is 0 Å². The number of rotatable bonds is 6. The zero-order valence-corrected chi connectivity index (χ0v) is 12.2. The van der Waals surface area contributed by atoms with E-state index in [9.17, 15) is 14.4 Å². The Morgan fingerprint density at radius 2 is 1.74 bits per heavy atom. The fourth-order valence-corrected chi connectivity index (χ4v) is 1.87. The van der Waals surface area contributed by atoms with Crippen LogP contribution in [0.25, 0.3) is 0 Å². The normalized spacial score (nSPS) is 9.91. The minimum atomic E-state index is -1.11. The molecule has 0 aromatic heterocycles. The monoisotopic (exact) mass is 313 g/mol. The second-order valence-electron chi connectivity index (χ2n) is 4.75. The van der Waals surface area contributed by atoms with Crippen molar-refractivity contribution in [3.63, 3.8) is 0 Å². The van der Waals surface area contributed by atoms with Crippen LogP contribution in [0.2, 0.25) is 0 Å². The molecule has 0 heterocycles. The summed E-state index contributed by atoms with van der Waals surface area (Å²) in [5.74, 6) is -1.97. The average molecular weight is 313 g/mol. The fourth-order valence-electron chi connectivity index (χ4n) is 1.87. The van der Waals surface area contributed by atoms with E-state index in [1.54, 1.807) is 0 Å². The number of nitrogens with one attached hydrogen (secondary N) is 1. The Bertz CT molecular complexity index is 712. The van der Waals surface area contributed by atoms with E-state index in [2.05, 4.69) is 5.32 Å². The van der Waals surface area contributed by atoms with Gasteiger partial charge in [-0.05, 0) is 23.8 Å². The van der Waals surface area contributed by atoms with Crippen molar-refractivity contribution in [2.24, 2.45) is 0 Å². The molecule has 6 heteroatoms. The van der Waals surface area contributed by atoms with Gasteiger partial charge in [0, 0.05) is 0 Å². The van der Waals surface area contributed by atoms with Gasteiger partial charge in [-0.15, -0.1) is 0 Å². The lowest BCUT2D eigenvalue weighted by Gasteiger charge is -2.07. The second kappa shape index (κ2) is 7.74. The predicted octanol–water partition coefficient (Wildman–Crippen LogP) is 1.65. The van der Waals surface area contributed by atoms with E-state index in [4.69, 9.17) is 9.84 Å². The zero-order valence-electron chi connectivity index (χ0n) is 12.2. The summed E-state index contributed by atoms with van der Waals surface area (Å²) in [5.41, 5.74) is 0.857. The van der Waals surface area contributed by atoms with Crippen molar-refractivity contribution in [3.05, 3.63) is 65.7 Å². The molecule has 0 aliphatic carbocycles. The van der Waals surface area contributed by atoms with Gasteiger partial charge in [0.15, 0.2) is 0 Å². The van der Waals surface area contributed by atoms with Gasteiger partial charge < -0.3 is 15.2 Å². The number of carboxylic acids is 1. The third-order valence-corrected chi connectivity index (χ3v) is 2.95. The van der Waals surface area contributed by atoms with Crippen molar-refractivity contribution in [2.75, 3.05) is 6.54 Å². The topological polar surface area (TPSA) is 92.7 Å². The van der Waals surface area contributed by atoms with Gasteiger partial charge in [0.2, 0.25) is 5.91 Å². The molecule has 23 heavy (non-hydrogen) atoms. The smallest absolute Gasteiger partial charge is 0.335 e. The Labute approximate surface area is 132 Å². The molecule has 0 radical (unpaired) electrons. The number of amides is 1. The minimum absolute atomic E-state index is 0.0170. The number of carbonyl (C=O) groups is 3. The summed E-state index contributed by atoms with van der Waals surface area (Å²) in [4.78, 5) is 34.2. The first kappa shape index (κ1) is 16.2. The van der Waals surface area contributed by atoms with Crippen LogP contribution in [0.4, 0.5) is 0 Å². The van der Waals surface area contributed by atoms with Gasteiger partial charge >= 0.3 is 11.9 Å². The molecule has 0 atom stereocenters. The van der Waals surface area contributed by atoms with E-state index >= 15 is 0 Å². The van der Waals surface area contributed by atoms with E-state index < -0.39 is 11.9 Å². The maximum Gasteiger partial charge on any atom is 0.335 e. The average Bonchev–Trinajstić information content (AvgIpc) is 2.54. The Morgan fingerprint density at radius 1 is 1.00 bits per heavy atom. The first-order chi connectivity index (χ1) is 11.0. The molecular formula is C17H15NO5. The Hall–Kier alpha value is -3.15. The summed E-state index contributed by atoms with van der Waals surface area (Å²) in [7, 11) is 0. The predicted molar refractivity (Wildman–Crippen MR) is 82.2 cm³/mol. The van der Waals surface area contributed by atoms with E-state index in [0.717, 1.165) is 5.56 Å². The molecule has 0 unspecified atom stereocenters. The minimum Gasteiger partial charge on any atom is -0.478 e.